The summed E-state index contributed by atoms with van der Waals surface area (Å²) in [5.74, 6) is -2.26. The van der Waals surface area contributed by atoms with Crippen molar-refractivity contribution >= 4 is 46.5 Å². The number of hydrogen-bond acceptors (Lipinski definition) is 5. The van der Waals surface area contributed by atoms with Crippen LogP contribution in [0.25, 0.3) is 0 Å². The smallest absolute Gasteiger partial charge is 0.283 e. The molecule has 1 aliphatic rings. The topological polar surface area (TPSA) is 78.5 Å². The summed E-state index contributed by atoms with van der Waals surface area (Å²) in [4.78, 5) is 40.9. The fourth-order valence-corrected chi connectivity index (χ4v) is 4.99. The van der Waals surface area contributed by atoms with Crippen LogP contribution in [0.4, 0.5) is 25.8 Å². The molecular weight excluding hydrogens is 532 g/mol. The third-order valence-corrected chi connectivity index (χ3v) is 7.17. The zero-order valence-electron chi connectivity index (χ0n) is 21.1. The van der Waals surface area contributed by atoms with E-state index in [9.17, 15) is 23.2 Å². The fraction of sp³-hybridized carbons (Fsp3) is 0.0645. The molecule has 3 amide bonds. The van der Waals surface area contributed by atoms with E-state index in [4.69, 9.17) is 0 Å². The number of carbonyl (C=O) groups excluding carboxylic acids is 3. The molecule has 5 rings (SSSR count). The number of anilines is 3. The lowest BCUT2D eigenvalue weighted by Crippen LogP contribution is -2.32. The van der Waals surface area contributed by atoms with Gasteiger partial charge in [-0.1, -0.05) is 42.1 Å². The molecule has 0 aromatic heterocycles. The molecule has 40 heavy (non-hydrogen) atoms. The molecule has 0 saturated heterocycles. The first-order valence-corrected chi connectivity index (χ1v) is 13.2. The molecule has 200 valence electrons. The van der Waals surface area contributed by atoms with Crippen LogP contribution in [0.2, 0.25) is 0 Å². The lowest BCUT2D eigenvalue weighted by Gasteiger charge is -2.15. The molecule has 0 bridgehead atoms. The van der Waals surface area contributed by atoms with E-state index in [-0.39, 0.29) is 22.2 Å². The third-order valence-electron chi connectivity index (χ3n) is 6.08. The number of nitrogens with one attached hydrogen (secondary N) is 2. The van der Waals surface area contributed by atoms with Crippen molar-refractivity contribution in [2.24, 2.45) is 0 Å². The van der Waals surface area contributed by atoms with E-state index in [0.29, 0.717) is 29.1 Å². The van der Waals surface area contributed by atoms with Gasteiger partial charge in [0.15, 0.2) is 0 Å². The van der Waals surface area contributed by atoms with E-state index in [1.165, 1.54) is 48.5 Å². The van der Waals surface area contributed by atoms with Gasteiger partial charge in [-0.3, -0.25) is 14.4 Å². The molecule has 1 heterocycles. The van der Waals surface area contributed by atoms with Gasteiger partial charge < -0.3 is 10.6 Å². The molecule has 4 aromatic carbocycles. The number of nitrogens with zero attached hydrogens (tertiary/aromatic N) is 1. The summed E-state index contributed by atoms with van der Waals surface area (Å²) >= 11 is 1.07. The van der Waals surface area contributed by atoms with Crippen LogP contribution in [-0.4, -0.2) is 17.7 Å². The minimum absolute atomic E-state index is 0.0178. The Morgan fingerprint density at radius 3 is 1.98 bits per heavy atom. The lowest BCUT2D eigenvalue weighted by atomic mass is 10.1. The van der Waals surface area contributed by atoms with Crippen LogP contribution in [0.3, 0.4) is 0 Å². The highest BCUT2D eigenvalue weighted by atomic mass is 32.2. The zero-order valence-corrected chi connectivity index (χ0v) is 21.9. The summed E-state index contributed by atoms with van der Waals surface area (Å²) in [5.41, 5.74) is 2.34. The van der Waals surface area contributed by atoms with Gasteiger partial charge in [-0.25, -0.2) is 13.7 Å². The summed E-state index contributed by atoms with van der Waals surface area (Å²) in [6.07, 6.45) is 0.959. The number of thioether (sulfide) groups is 1. The van der Waals surface area contributed by atoms with E-state index in [1.54, 1.807) is 24.3 Å². The summed E-state index contributed by atoms with van der Waals surface area (Å²) in [6.45, 7) is 0. The number of halogens is 2. The maximum atomic E-state index is 13.5. The van der Waals surface area contributed by atoms with E-state index < -0.39 is 23.4 Å². The number of aryl methyl sites for hydroxylation is 1. The molecule has 0 atom stereocenters. The quantitative estimate of drug-likeness (QED) is 0.230. The fourth-order valence-electron chi connectivity index (χ4n) is 4.07. The van der Waals surface area contributed by atoms with Gasteiger partial charge in [0, 0.05) is 22.7 Å². The lowest BCUT2D eigenvalue weighted by molar-refractivity contribution is -0.120. The molecule has 1 aliphatic heterocycles. The minimum atomic E-state index is -0.620. The maximum absolute atomic E-state index is 13.5. The van der Waals surface area contributed by atoms with Crippen LogP contribution >= 0.6 is 11.8 Å². The van der Waals surface area contributed by atoms with E-state index >= 15 is 0 Å². The van der Waals surface area contributed by atoms with Crippen molar-refractivity contribution in [2.75, 3.05) is 15.5 Å². The van der Waals surface area contributed by atoms with Crippen LogP contribution in [0.15, 0.2) is 119 Å². The first-order chi connectivity index (χ1) is 19.4. The van der Waals surface area contributed by atoms with Crippen LogP contribution in [0, 0.1) is 11.6 Å². The molecular formula is C31H23F2N3O3S. The number of carbonyl (C=O) groups is 3. The Bertz CT molecular complexity index is 1570. The average molecular weight is 556 g/mol. The third kappa shape index (κ3) is 6.27. The second-order valence-electron chi connectivity index (χ2n) is 8.92. The van der Waals surface area contributed by atoms with Crippen molar-refractivity contribution in [3.8, 4) is 0 Å². The summed E-state index contributed by atoms with van der Waals surface area (Å²) in [6, 6.07) is 27.1. The molecule has 0 unspecified atom stereocenters. The SMILES string of the molecule is O=C(CCc1ccccc1)Nc1ccc(SC2=C(Nc3ccc(F)cc3)C(=O)N(c3ccc(F)cc3)C2=O)cc1. The van der Waals surface area contributed by atoms with Crippen LogP contribution in [-0.2, 0) is 20.8 Å². The Morgan fingerprint density at radius 1 is 0.725 bits per heavy atom. The Balaban J connectivity index is 1.33. The predicted molar refractivity (Wildman–Crippen MR) is 152 cm³/mol. The van der Waals surface area contributed by atoms with Crippen molar-refractivity contribution < 1.29 is 23.2 Å². The second-order valence-corrected chi connectivity index (χ2v) is 10.0. The normalized spacial score (nSPS) is 13.1. The maximum Gasteiger partial charge on any atom is 0.283 e. The molecule has 0 radical (unpaired) electrons. The predicted octanol–water partition coefficient (Wildman–Crippen LogP) is 6.53. The van der Waals surface area contributed by atoms with Crippen molar-refractivity contribution in [1.82, 2.24) is 0 Å². The first kappa shape index (κ1) is 26.8. The Kier molecular flexibility index (Phi) is 8.02. The molecule has 0 spiro atoms. The Morgan fingerprint density at radius 2 is 1.32 bits per heavy atom. The van der Waals surface area contributed by atoms with Gasteiger partial charge in [0.05, 0.1) is 5.69 Å². The zero-order chi connectivity index (χ0) is 28.1. The average Bonchev–Trinajstić information content (AvgIpc) is 3.19. The molecule has 6 nitrogen and oxygen atoms in total. The van der Waals surface area contributed by atoms with Crippen molar-refractivity contribution in [3.63, 3.8) is 0 Å². The Labute approximate surface area is 233 Å². The molecule has 0 aliphatic carbocycles. The highest BCUT2D eigenvalue weighted by Gasteiger charge is 2.40. The van der Waals surface area contributed by atoms with E-state index in [2.05, 4.69) is 10.6 Å². The van der Waals surface area contributed by atoms with Gasteiger partial charge in [0.1, 0.15) is 22.2 Å². The standard InChI is InChI=1S/C31H23F2N3O3S/c32-21-7-11-24(12-8-21)35-28-29(31(39)36(30(28)38)25-15-9-22(33)10-16-25)40-26-17-13-23(14-18-26)34-27(37)19-6-20-4-2-1-3-5-20/h1-5,7-18,35H,6,19H2,(H,34,37). The number of benzene rings is 4. The van der Waals surface area contributed by atoms with Gasteiger partial charge in [-0.2, -0.15) is 0 Å². The monoisotopic (exact) mass is 555 g/mol. The summed E-state index contributed by atoms with van der Waals surface area (Å²) in [7, 11) is 0. The van der Waals surface area contributed by atoms with E-state index in [1.807, 2.05) is 30.3 Å². The molecule has 9 heteroatoms. The second kappa shape index (κ2) is 12.0. The van der Waals surface area contributed by atoms with Crippen LogP contribution in [0.5, 0.6) is 0 Å². The molecule has 4 aromatic rings. The number of amides is 3. The molecule has 2 N–H and O–H groups in total. The van der Waals surface area contributed by atoms with Crippen molar-refractivity contribution in [1.29, 1.82) is 0 Å². The first-order valence-electron chi connectivity index (χ1n) is 12.4. The van der Waals surface area contributed by atoms with Crippen LogP contribution in [0.1, 0.15) is 12.0 Å². The van der Waals surface area contributed by atoms with E-state index in [0.717, 1.165) is 22.2 Å². The Hall–Kier alpha value is -4.76. The largest absolute Gasteiger partial charge is 0.350 e. The number of imide groups is 1. The number of rotatable bonds is 9. The van der Waals surface area contributed by atoms with Gasteiger partial charge in [-0.15, -0.1) is 0 Å². The van der Waals surface area contributed by atoms with Gasteiger partial charge in [0.25, 0.3) is 11.8 Å². The van der Waals surface area contributed by atoms with Crippen molar-refractivity contribution in [2.45, 2.75) is 17.7 Å². The number of hydrogen-bond donors (Lipinski definition) is 2. The van der Waals surface area contributed by atoms with Crippen molar-refractivity contribution in [3.05, 3.63) is 131 Å². The van der Waals surface area contributed by atoms with Gasteiger partial charge >= 0.3 is 0 Å². The summed E-state index contributed by atoms with van der Waals surface area (Å²) in [5, 5.41) is 5.81. The van der Waals surface area contributed by atoms with Gasteiger partial charge in [0.2, 0.25) is 5.91 Å². The highest BCUT2D eigenvalue weighted by molar-refractivity contribution is 8.04. The highest BCUT2D eigenvalue weighted by Crippen LogP contribution is 2.38. The summed E-state index contributed by atoms with van der Waals surface area (Å²) < 4.78 is 26.9. The van der Waals surface area contributed by atoms with Gasteiger partial charge in [-0.05, 0) is 84.8 Å². The molecule has 0 saturated carbocycles. The molecule has 0 fully saturated rings. The van der Waals surface area contributed by atoms with Crippen LogP contribution < -0.4 is 15.5 Å². The minimum Gasteiger partial charge on any atom is -0.350 e.